The highest BCUT2D eigenvalue weighted by Crippen LogP contribution is 2.60. The van der Waals surface area contributed by atoms with E-state index in [9.17, 15) is 0 Å². The minimum Gasteiger partial charge on any atom is -0.396 e. The average molecular weight is 141 g/mol. The van der Waals surface area contributed by atoms with Gasteiger partial charge in [0.15, 0.2) is 0 Å². The number of fused-ring (bicyclic) bond motifs is 1. The zero-order valence-electron chi connectivity index (χ0n) is 6.21. The van der Waals surface area contributed by atoms with Crippen molar-refractivity contribution in [1.82, 2.24) is 0 Å². The summed E-state index contributed by atoms with van der Waals surface area (Å²) >= 11 is 0. The molecule has 3 rings (SSSR count). The van der Waals surface area contributed by atoms with Crippen molar-refractivity contribution in [3.63, 3.8) is 0 Å². The second kappa shape index (κ2) is 1.95. The second-order valence-corrected chi connectivity index (χ2v) is 4.03. The van der Waals surface area contributed by atoms with E-state index in [0.717, 1.165) is 18.4 Å². The lowest BCUT2D eigenvalue weighted by Crippen LogP contribution is -2.31. The molecule has 3 N–H and O–H groups in total. The van der Waals surface area contributed by atoms with Crippen LogP contribution in [0.5, 0.6) is 0 Å². The van der Waals surface area contributed by atoms with E-state index in [1.807, 2.05) is 0 Å². The molecule has 0 heterocycles. The van der Waals surface area contributed by atoms with Crippen molar-refractivity contribution in [3.8, 4) is 0 Å². The van der Waals surface area contributed by atoms with Crippen LogP contribution in [0.15, 0.2) is 0 Å². The van der Waals surface area contributed by atoms with Gasteiger partial charge in [-0.15, -0.1) is 0 Å². The first-order valence-corrected chi connectivity index (χ1v) is 4.11. The smallest absolute Gasteiger partial charge is 0.0487 e. The van der Waals surface area contributed by atoms with Gasteiger partial charge in [0.05, 0.1) is 0 Å². The number of hydrogen-bond donors (Lipinski definition) is 2. The van der Waals surface area contributed by atoms with Crippen LogP contribution < -0.4 is 5.73 Å². The van der Waals surface area contributed by atoms with E-state index in [2.05, 4.69) is 0 Å². The molecule has 0 aromatic rings. The molecule has 0 aromatic carbocycles. The Kier molecular flexibility index (Phi) is 1.29. The second-order valence-electron chi connectivity index (χ2n) is 4.03. The Bertz CT molecular complexity index is 140. The third-order valence-electron chi connectivity index (χ3n) is 3.39. The van der Waals surface area contributed by atoms with Crippen LogP contribution in [-0.2, 0) is 0 Å². The first kappa shape index (κ1) is 6.62. The van der Waals surface area contributed by atoms with E-state index in [0.29, 0.717) is 12.0 Å². The molecular weight excluding hydrogens is 126 g/mol. The van der Waals surface area contributed by atoms with Crippen molar-refractivity contribution in [2.75, 3.05) is 13.2 Å². The molecule has 0 amide bonds. The van der Waals surface area contributed by atoms with Crippen molar-refractivity contribution in [3.05, 3.63) is 0 Å². The van der Waals surface area contributed by atoms with E-state index < -0.39 is 0 Å². The van der Waals surface area contributed by atoms with Gasteiger partial charge >= 0.3 is 0 Å². The summed E-state index contributed by atoms with van der Waals surface area (Å²) in [6.45, 7) is 1.21. The van der Waals surface area contributed by atoms with Gasteiger partial charge in [-0.05, 0) is 43.1 Å². The topological polar surface area (TPSA) is 46.2 Å². The number of aliphatic hydroxyl groups excluding tert-OH is 1. The largest absolute Gasteiger partial charge is 0.396 e. The third kappa shape index (κ3) is 0.663. The Balaban J connectivity index is 2.02. The Hall–Kier alpha value is -0.0800. The molecule has 58 valence electrons. The number of aliphatic hydroxyl groups is 1. The molecule has 0 saturated heterocycles. The van der Waals surface area contributed by atoms with E-state index in [1.165, 1.54) is 19.3 Å². The first-order chi connectivity index (χ1) is 4.79. The minimum absolute atomic E-state index is 0.328. The molecule has 2 heteroatoms. The zero-order valence-corrected chi connectivity index (χ0v) is 6.21. The van der Waals surface area contributed by atoms with Crippen LogP contribution >= 0.6 is 0 Å². The Morgan fingerprint density at radius 1 is 1.40 bits per heavy atom. The maximum absolute atomic E-state index is 9.04. The highest BCUT2D eigenvalue weighted by Gasteiger charge is 2.54. The maximum Gasteiger partial charge on any atom is 0.0487 e. The number of nitrogens with two attached hydrogens (primary N) is 1. The van der Waals surface area contributed by atoms with Gasteiger partial charge in [0.1, 0.15) is 0 Å². The van der Waals surface area contributed by atoms with Gasteiger partial charge in [0.2, 0.25) is 0 Å². The van der Waals surface area contributed by atoms with Crippen LogP contribution in [0.3, 0.4) is 0 Å². The van der Waals surface area contributed by atoms with Crippen LogP contribution in [0.1, 0.15) is 19.3 Å². The van der Waals surface area contributed by atoms with Crippen molar-refractivity contribution in [2.24, 2.45) is 23.0 Å². The Labute approximate surface area is 61.4 Å². The lowest BCUT2D eigenvalue weighted by molar-refractivity contribution is 0.0546. The molecule has 3 saturated carbocycles. The lowest BCUT2D eigenvalue weighted by Gasteiger charge is -2.36. The van der Waals surface area contributed by atoms with Crippen molar-refractivity contribution in [2.45, 2.75) is 19.3 Å². The average Bonchev–Trinajstić information content (AvgIpc) is 2.38. The van der Waals surface area contributed by atoms with E-state index in [-0.39, 0.29) is 0 Å². The highest BCUT2D eigenvalue weighted by molar-refractivity contribution is 5.05. The molecule has 3 fully saturated rings. The zero-order chi connectivity index (χ0) is 7.19. The SMILES string of the molecule is NCC1CC2(CO)CC1C2. The summed E-state index contributed by atoms with van der Waals surface area (Å²) < 4.78 is 0. The van der Waals surface area contributed by atoms with Gasteiger partial charge in [-0.25, -0.2) is 0 Å². The monoisotopic (exact) mass is 141 g/mol. The van der Waals surface area contributed by atoms with Gasteiger partial charge in [-0.1, -0.05) is 0 Å². The highest BCUT2D eigenvalue weighted by atomic mass is 16.3. The minimum atomic E-state index is 0.328. The summed E-state index contributed by atoms with van der Waals surface area (Å²) in [7, 11) is 0. The maximum atomic E-state index is 9.04. The Morgan fingerprint density at radius 3 is 2.40 bits per heavy atom. The molecule has 0 aromatic heterocycles. The summed E-state index contributed by atoms with van der Waals surface area (Å²) in [6, 6.07) is 0. The van der Waals surface area contributed by atoms with Crippen molar-refractivity contribution in [1.29, 1.82) is 0 Å². The van der Waals surface area contributed by atoms with Gasteiger partial charge in [-0.3, -0.25) is 0 Å². The molecular formula is C8H15NO. The van der Waals surface area contributed by atoms with Crippen LogP contribution in [0.2, 0.25) is 0 Å². The fraction of sp³-hybridized carbons (Fsp3) is 1.00. The Morgan fingerprint density at radius 2 is 2.10 bits per heavy atom. The molecule has 1 unspecified atom stereocenters. The van der Waals surface area contributed by atoms with Crippen molar-refractivity contribution >= 4 is 0 Å². The summed E-state index contributed by atoms with van der Waals surface area (Å²) in [5, 5.41) is 9.04. The lowest BCUT2D eigenvalue weighted by atomic mass is 9.70. The summed E-state index contributed by atoms with van der Waals surface area (Å²) in [5.74, 6) is 1.59. The van der Waals surface area contributed by atoms with Crippen LogP contribution in [0.25, 0.3) is 0 Å². The first-order valence-electron chi connectivity index (χ1n) is 4.11. The third-order valence-corrected chi connectivity index (χ3v) is 3.39. The molecule has 0 radical (unpaired) electrons. The van der Waals surface area contributed by atoms with Gasteiger partial charge < -0.3 is 10.8 Å². The molecule has 0 spiro atoms. The standard InChI is InChI=1S/C8H15NO/c9-4-7-3-8(5-10)1-6(7)2-8/h6-7,10H,1-5,9H2. The van der Waals surface area contributed by atoms with Crippen LogP contribution in [0, 0.1) is 17.3 Å². The van der Waals surface area contributed by atoms with E-state index in [1.54, 1.807) is 0 Å². The van der Waals surface area contributed by atoms with E-state index >= 15 is 0 Å². The summed E-state index contributed by atoms with van der Waals surface area (Å²) in [4.78, 5) is 0. The quantitative estimate of drug-likeness (QED) is 0.583. The molecule has 3 aliphatic rings. The van der Waals surface area contributed by atoms with Crippen molar-refractivity contribution < 1.29 is 5.11 Å². The molecule has 0 aliphatic heterocycles. The molecule has 1 atom stereocenters. The normalized spacial score (nSPS) is 51.0. The molecule has 2 nitrogen and oxygen atoms in total. The van der Waals surface area contributed by atoms with Gasteiger partial charge in [-0.2, -0.15) is 0 Å². The van der Waals surface area contributed by atoms with Crippen LogP contribution in [-0.4, -0.2) is 18.3 Å². The summed E-state index contributed by atoms with van der Waals surface area (Å²) in [5.41, 5.74) is 5.91. The van der Waals surface area contributed by atoms with Crippen LogP contribution in [0.4, 0.5) is 0 Å². The van der Waals surface area contributed by atoms with E-state index in [4.69, 9.17) is 10.8 Å². The predicted molar refractivity (Wildman–Crippen MR) is 39.4 cm³/mol. The number of hydrogen-bond acceptors (Lipinski definition) is 2. The van der Waals surface area contributed by atoms with Gasteiger partial charge in [0, 0.05) is 6.61 Å². The van der Waals surface area contributed by atoms with Gasteiger partial charge in [0.25, 0.3) is 0 Å². The fourth-order valence-corrected chi connectivity index (χ4v) is 2.74. The molecule has 10 heavy (non-hydrogen) atoms. The number of rotatable bonds is 2. The molecule has 2 bridgehead atoms. The fourth-order valence-electron chi connectivity index (χ4n) is 2.74. The predicted octanol–water partition coefficient (Wildman–Crippen LogP) is 0.354. The molecule has 3 aliphatic carbocycles. The summed E-state index contributed by atoms with van der Waals surface area (Å²) in [6.07, 6.45) is 3.67.